The number of nitrogens with zero attached hydrogens (tertiary/aromatic N) is 2. The third kappa shape index (κ3) is 2.76. The van der Waals surface area contributed by atoms with Crippen LogP contribution in [-0.2, 0) is 6.42 Å². The van der Waals surface area contributed by atoms with Gasteiger partial charge in [0.15, 0.2) is 0 Å². The molecular weight excluding hydrogens is 291 g/mol. The zero-order valence-electron chi connectivity index (χ0n) is 9.12. The summed E-state index contributed by atoms with van der Waals surface area (Å²) in [6, 6.07) is 8.97. The third-order valence-electron chi connectivity index (χ3n) is 2.45. The number of aromatic nitrogens is 1. The van der Waals surface area contributed by atoms with Crippen LogP contribution in [0.1, 0.15) is 5.56 Å². The number of hydrogen-bond acceptors (Lipinski definition) is 2. The number of halogens is 3. The Morgan fingerprint density at radius 3 is 2.56 bits per heavy atom. The van der Waals surface area contributed by atoms with E-state index >= 15 is 0 Å². The van der Waals surface area contributed by atoms with E-state index in [2.05, 4.69) is 11.1 Å². The molecule has 0 saturated heterocycles. The van der Waals surface area contributed by atoms with Crippen molar-refractivity contribution in [1.82, 2.24) is 4.98 Å². The first-order valence-electron chi connectivity index (χ1n) is 5.08. The van der Waals surface area contributed by atoms with Gasteiger partial charge in [-0.2, -0.15) is 5.26 Å². The van der Waals surface area contributed by atoms with E-state index < -0.39 is 0 Å². The second kappa shape index (κ2) is 5.58. The Morgan fingerprint density at radius 1 is 1.11 bits per heavy atom. The van der Waals surface area contributed by atoms with Crippen LogP contribution in [0.4, 0.5) is 0 Å². The number of benzene rings is 1. The molecule has 0 fully saturated rings. The van der Waals surface area contributed by atoms with Crippen LogP contribution in [0.15, 0.2) is 30.5 Å². The van der Waals surface area contributed by atoms with Gasteiger partial charge in [-0.3, -0.25) is 0 Å². The molecule has 0 unspecified atom stereocenters. The van der Waals surface area contributed by atoms with Gasteiger partial charge in [-0.1, -0.05) is 40.9 Å². The molecule has 0 amide bonds. The highest BCUT2D eigenvalue weighted by atomic mass is 35.5. The fourth-order valence-electron chi connectivity index (χ4n) is 1.65. The summed E-state index contributed by atoms with van der Waals surface area (Å²) in [6.45, 7) is 0. The number of rotatable bonds is 2. The lowest BCUT2D eigenvalue weighted by atomic mass is 10.0. The molecule has 2 rings (SSSR count). The van der Waals surface area contributed by atoms with E-state index in [9.17, 15) is 0 Å². The van der Waals surface area contributed by atoms with E-state index in [0.29, 0.717) is 15.2 Å². The molecule has 0 aliphatic heterocycles. The van der Waals surface area contributed by atoms with Crippen LogP contribution < -0.4 is 0 Å². The van der Waals surface area contributed by atoms with Crippen LogP contribution in [0, 0.1) is 11.3 Å². The maximum Gasteiger partial charge on any atom is 0.129 e. The number of pyridine rings is 1. The summed E-state index contributed by atoms with van der Waals surface area (Å²) >= 11 is 17.8. The molecule has 90 valence electrons. The minimum Gasteiger partial charge on any atom is -0.244 e. The van der Waals surface area contributed by atoms with Crippen LogP contribution in [0.3, 0.4) is 0 Å². The molecule has 5 heteroatoms. The van der Waals surface area contributed by atoms with Gasteiger partial charge < -0.3 is 0 Å². The van der Waals surface area contributed by atoms with E-state index in [0.717, 1.165) is 16.7 Å². The van der Waals surface area contributed by atoms with Gasteiger partial charge in [0.2, 0.25) is 0 Å². The highest BCUT2D eigenvalue weighted by Crippen LogP contribution is 2.33. The van der Waals surface area contributed by atoms with Gasteiger partial charge in [-0.15, -0.1) is 0 Å². The molecule has 1 aromatic heterocycles. The molecule has 0 radical (unpaired) electrons. The van der Waals surface area contributed by atoms with Gasteiger partial charge in [0.05, 0.1) is 12.5 Å². The molecule has 0 bridgehead atoms. The lowest BCUT2D eigenvalue weighted by Gasteiger charge is -2.09. The zero-order valence-corrected chi connectivity index (χ0v) is 11.4. The maximum absolute atomic E-state index is 8.83. The second-order valence-electron chi connectivity index (χ2n) is 3.62. The van der Waals surface area contributed by atoms with Crippen molar-refractivity contribution < 1.29 is 0 Å². The molecule has 0 N–H and O–H groups in total. The predicted molar refractivity (Wildman–Crippen MR) is 74.0 cm³/mol. The number of nitriles is 1. The van der Waals surface area contributed by atoms with Gasteiger partial charge in [-0.25, -0.2) is 4.98 Å². The van der Waals surface area contributed by atoms with E-state index in [1.54, 1.807) is 30.5 Å². The van der Waals surface area contributed by atoms with Crippen molar-refractivity contribution in [3.8, 4) is 17.2 Å². The Kier molecular flexibility index (Phi) is 4.08. The SMILES string of the molecule is N#CCc1cc(Cl)ncc1-c1ccc(Cl)cc1Cl. The van der Waals surface area contributed by atoms with Gasteiger partial charge in [0.1, 0.15) is 5.15 Å². The van der Waals surface area contributed by atoms with Crippen LogP contribution in [0.2, 0.25) is 15.2 Å². The first-order chi connectivity index (χ1) is 8.61. The van der Waals surface area contributed by atoms with Crippen molar-refractivity contribution in [3.05, 3.63) is 51.2 Å². The highest BCUT2D eigenvalue weighted by Gasteiger charge is 2.10. The van der Waals surface area contributed by atoms with E-state index in [1.807, 2.05) is 0 Å². The lowest BCUT2D eigenvalue weighted by molar-refractivity contribution is 1.21. The molecule has 1 heterocycles. The first-order valence-corrected chi connectivity index (χ1v) is 6.22. The van der Waals surface area contributed by atoms with E-state index in [-0.39, 0.29) is 6.42 Å². The predicted octanol–water partition coefficient (Wildman–Crippen LogP) is 4.77. The minimum atomic E-state index is 0.247. The Balaban J connectivity index is 2.60. The topological polar surface area (TPSA) is 36.7 Å². The average Bonchev–Trinajstić information content (AvgIpc) is 2.31. The smallest absolute Gasteiger partial charge is 0.129 e. The molecule has 0 saturated carbocycles. The average molecular weight is 298 g/mol. The Bertz CT molecular complexity index is 633. The molecule has 0 atom stereocenters. The maximum atomic E-state index is 8.83. The first kappa shape index (κ1) is 13.2. The van der Waals surface area contributed by atoms with E-state index in [1.165, 1.54) is 0 Å². The fourth-order valence-corrected chi connectivity index (χ4v) is 2.34. The van der Waals surface area contributed by atoms with Crippen LogP contribution in [0.5, 0.6) is 0 Å². The summed E-state index contributed by atoms with van der Waals surface area (Å²) < 4.78 is 0. The Morgan fingerprint density at radius 2 is 1.89 bits per heavy atom. The van der Waals surface area contributed by atoms with Gasteiger partial charge >= 0.3 is 0 Å². The largest absolute Gasteiger partial charge is 0.244 e. The van der Waals surface area contributed by atoms with Gasteiger partial charge in [-0.05, 0) is 23.8 Å². The highest BCUT2D eigenvalue weighted by molar-refractivity contribution is 6.36. The third-order valence-corrected chi connectivity index (χ3v) is 3.20. The van der Waals surface area contributed by atoms with E-state index in [4.69, 9.17) is 40.1 Å². The zero-order chi connectivity index (χ0) is 13.1. The summed E-state index contributed by atoms with van der Waals surface area (Å²) in [7, 11) is 0. The molecule has 0 spiro atoms. The molecule has 0 aliphatic rings. The van der Waals surface area contributed by atoms with Crippen molar-refractivity contribution >= 4 is 34.8 Å². The summed E-state index contributed by atoms with van der Waals surface area (Å²) in [4.78, 5) is 4.03. The van der Waals surface area contributed by atoms with Crippen molar-refractivity contribution in [2.45, 2.75) is 6.42 Å². The molecule has 2 aromatic rings. The molecule has 18 heavy (non-hydrogen) atoms. The van der Waals surface area contributed by atoms with Crippen molar-refractivity contribution in [2.75, 3.05) is 0 Å². The normalized spacial score (nSPS) is 10.1. The lowest BCUT2D eigenvalue weighted by Crippen LogP contribution is -1.91. The second-order valence-corrected chi connectivity index (χ2v) is 4.85. The van der Waals surface area contributed by atoms with Crippen LogP contribution in [-0.4, -0.2) is 4.98 Å². The van der Waals surface area contributed by atoms with Crippen LogP contribution >= 0.6 is 34.8 Å². The molecule has 2 nitrogen and oxygen atoms in total. The van der Waals surface area contributed by atoms with Crippen molar-refractivity contribution in [3.63, 3.8) is 0 Å². The number of hydrogen-bond donors (Lipinski definition) is 0. The van der Waals surface area contributed by atoms with Crippen molar-refractivity contribution in [1.29, 1.82) is 5.26 Å². The minimum absolute atomic E-state index is 0.247. The molecule has 0 aliphatic carbocycles. The van der Waals surface area contributed by atoms with Gasteiger partial charge in [0, 0.05) is 27.4 Å². The molecular formula is C13H7Cl3N2. The van der Waals surface area contributed by atoms with Crippen molar-refractivity contribution in [2.24, 2.45) is 0 Å². The van der Waals surface area contributed by atoms with Crippen LogP contribution in [0.25, 0.3) is 11.1 Å². The summed E-state index contributed by atoms with van der Waals surface area (Å²) in [5, 5.41) is 10.3. The van der Waals surface area contributed by atoms with Gasteiger partial charge in [0.25, 0.3) is 0 Å². The fraction of sp³-hybridized carbons (Fsp3) is 0.0769. The summed E-state index contributed by atoms with van der Waals surface area (Å²) in [6.07, 6.45) is 1.86. The summed E-state index contributed by atoms with van der Waals surface area (Å²) in [5.74, 6) is 0. The standard InChI is InChI=1S/C13H7Cl3N2/c14-9-1-2-10(12(15)6-9)11-7-18-13(16)5-8(11)3-4-17/h1-2,5-7H,3H2. The molecule has 1 aromatic carbocycles. The monoisotopic (exact) mass is 296 g/mol. The Labute approximate surface area is 120 Å². The quantitative estimate of drug-likeness (QED) is 0.748. The Hall–Kier alpha value is -1.27. The summed E-state index contributed by atoms with van der Waals surface area (Å²) in [5.41, 5.74) is 2.37.